The lowest BCUT2D eigenvalue weighted by Gasteiger charge is -2.20. The van der Waals surface area contributed by atoms with Crippen LogP contribution in [-0.2, 0) is 29.2 Å². The average molecular weight is 332 g/mol. The van der Waals surface area contributed by atoms with Gasteiger partial charge in [0.15, 0.2) is 0 Å². The molecule has 0 amide bonds. The predicted molar refractivity (Wildman–Crippen MR) is 67.1 cm³/mol. The second-order valence-electron chi connectivity index (χ2n) is 4.85. The Hall–Kier alpha value is -1.29. The van der Waals surface area contributed by atoms with E-state index in [-0.39, 0.29) is 13.0 Å². The van der Waals surface area contributed by atoms with Gasteiger partial charge in [-0.25, -0.2) is 4.79 Å². The van der Waals surface area contributed by atoms with Crippen LogP contribution in [-0.4, -0.2) is 43.4 Å². The Morgan fingerprint density at radius 2 is 1.52 bits per heavy atom. The van der Waals surface area contributed by atoms with Crippen molar-refractivity contribution in [1.82, 2.24) is 0 Å². The summed E-state index contributed by atoms with van der Waals surface area (Å²) in [5, 5.41) is -5.02. The van der Waals surface area contributed by atoms with Gasteiger partial charge in [0.2, 0.25) is 0 Å². The van der Waals surface area contributed by atoms with Crippen LogP contribution in [0.4, 0.5) is 8.78 Å². The summed E-state index contributed by atoms with van der Waals surface area (Å²) >= 11 is 0. The molecule has 0 aliphatic rings. The first-order chi connectivity index (χ1) is 9.36. The van der Waals surface area contributed by atoms with Gasteiger partial charge in [-0.3, -0.25) is 9.35 Å². The standard InChI is InChI=1S/C11H18F2O7S/c1-4-10(2,3)8(14)19-6-5-7-20-9(15)11(12,13)21(16,17)18/h4-7H2,1-3H3,(H,16,17,18). The first-order valence-electron chi connectivity index (χ1n) is 6.05. The number of hydrogen-bond acceptors (Lipinski definition) is 6. The molecule has 0 fully saturated rings. The summed E-state index contributed by atoms with van der Waals surface area (Å²) in [6.07, 6.45) is 0.459. The largest absolute Gasteiger partial charge is 0.465 e. The molecule has 0 aromatic heterocycles. The Kier molecular flexibility index (Phi) is 6.68. The van der Waals surface area contributed by atoms with Gasteiger partial charge in [-0.2, -0.15) is 17.2 Å². The van der Waals surface area contributed by atoms with Crippen molar-refractivity contribution in [2.24, 2.45) is 5.41 Å². The molecular weight excluding hydrogens is 314 g/mol. The number of alkyl halides is 2. The summed E-state index contributed by atoms with van der Waals surface area (Å²) in [5.41, 5.74) is -0.686. The highest BCUT2D eigenvalue weighted by Gasteiger charge is 2.54. The Morgan fingerprint density at radius 1 is 1.10 bits per heavy atom. The molecule has 124 valence electrons. The highest BCUT2D eigenvalue weighted by molar-refractivity contribution is 7.87. The third-order valence-corrected chi connectivity index (χ3v) is 3.57. The molecular formula is C11H18F2O7S. The molecule has 0 aromatic carbocycles. The molecule has 1 N–H and O–H groups in total. The zero-order valence-corrected chi connectivity index (χ0v) is 12.7. The summed E-state index contributed by atoms with van der Waals surface area (Å²) < 4.78 is 63.0. The fourth-order valence-corrected chi connectivity index (χ4v) is 1.19. The lowest BCUT2D eigenvalue weighted by Crippen LogP contribution is -2.39. The fraction of sp³-hybridized carbons (Fsp3) is 0.818. The van der Waals surface area contributed by atoms with Crippen LogP contribution in [0.25, 0.3) is 0 Å². The van der Waals surface area contributed by atoms with E-state index in [0.29, 0.717) is 6.42 Å². The SMILES string of the molecule is CCC(C)(C)C(=O)OCCCOC(=O)C(F)(F)S(=O)(=O)O. The number of esters is 2. The maximum absolute atomic E-state index is 12.8. The van der Waals surface area contributed by atoms with Crippen molar-refractivity contribution in [3.05, 3.63) is 0 Å². The van der Waals surface area contributed by atoms with Crippen LogP contribution in [0.2, 0.25) is 0 Å². The van der Waals surface area contributed by atoms with Gasteiger partial charge in [0.05, 0.1) is 18.6 Å². The van der Waals surface area contributed by atoms with E-state index in [1.165, 1.54) is 0 Å². The van der Waals surface area contributed by atoms with E-state index in [2.05, 4.69) is 4.74 Å². The summed E-state index contributed by atoms with van der Waals surface area (Å²) in [5.74, 6) is -2.87. The molecule has 0 aliphatic carbocycles. The van der Waals surface area contributed by atoms with E-state index in [4.69, 9.17) is 9.29 Å². The summed E-state index contributed by atoms with van der Waals surface area (Å²) in [4.78, 5) is 22.3. The molecule has 0 aromatic rings. The van der Waals surface area contributed by atoms with Gasteiger partial charge in [0.1, 0.15) is 0 Å². The van der Waals surface area contributed by atoms with E-state index in [1.807, 2.05) is 0 Å². The fourth-order valence-electron chi connectivity index (χ4n) is 0.918. The molecule has 10 heteroatoms. The number of halogens is 2. The molecule has 21 heavy (non-hydrogen) atoms. The zero-order chi connectivity index (χ0) is 16.9. The first-order valence-corrected chi connectivity index (χ1v) is 7.49. The number of carbonyl (C=O) groups is 2. The summed E-state index contributed by atoms with van der Waals surface area (Å²) in [7, 11) is -5.87. The topological polar surface area (TPSA) is 107 Å². The zero-order valence-electron chi connectivity index (χ0n) is 11.9. The Morgan fingerprint density at radius 3 is 1.90 bits per heavy atom. The molecule has 0 bridgehead atoms. The van der Waals surface area contributed by atoms with E-state index in [1.54, 1.807) is 20.8 Å². The van der Waals surface area contributed by atoms with E-state index in [9.17, 15) is 26.8 Å². The number of carbonyl (C=O) groups excluding carboxylic acids is 2. The highest BCUT2D eigenvalue weighted by Crippen LogP contribution is 2.23. The van der Waals surface area contributed by atoms with Gasteiger partial charge in [-0.1, -0.05) is 6.92 Å². The second kappa shape index (κ2) is 7.12. The molecule has 0 spiro atoms. The quantitative estimate of drug-likeness (QED) is 0.406. The average Bonchev–Trinajstić information content (AvgIpc) is 2.36. The molecule has 0 atom stereocenters. The van der Waals surface area contributed by atoms with Gasteiger partial charge < -0.3 is 9.47 Å². The maximum atomic E-state index is 12.8. The molecule has 0 unspecified atom stereocenters. The molecule has 0 aliphatic heterocycles. The molecule has 0 radical (unpaired) electrons. The van der Waals surface area contributed by atoms with Crippen LogP contribution in [0.5, 0.6) is 0 Å². The Labute approximate surface area is 121 Å². The van der Waals surface area contributed by atoms with Crippen LogP contribution in [0.1, 0.15) is 33.6 Å². The van der Waals surface area contributed by atoms with Crippen LogP contribution >= 0.6 is 0 Å². The van der Waals surface area contributed by atoms with Crippen molar-refractivity contribution < 1.29 is 40.8 Å². The second-order valence-corrected chi connectivity index (χ2v) is 6.32. The minimum Gasteiger partial charge on any atom is -0.465 e. The molecule has 0 rings (SSSR count). The van der Waals surface area contributed by atoms with Crippen molar-refractivity contribution in [1.29, 1.82) is 0 Å². The van der Waals surface area contributed by atoms with Gasteiger partial charge in [0, 0.05) is 6.42 Å². The van der Waals surface area contributed by atoms with E-state index >= 15 is 0 Å². The lowest BCUT2D eigenvalue weighted by molar-refractivity contribution is -0.162. The van der Waals surface area contributed by atoms with E-state index in [0.717, 1.165) is 0 Å². The van der Waals surface area contributed by atoms with Crippen LogP contribution < -0.4 is 0 Å². The minimum atomic E-state index is -5.87. The van der Waals surface area contributed by atoms with Crippen LogP contribution in [0, 0.1) is 5.41 Å². The summed E-state index contributed by atoms with van der Waals surface area (Å²) in [6, 6.07) is 0. The van der Waals surface area contributed by atoms with Gasteiger partial charge >= 0.3 is 27.3 Å². The Balaban J connectivity index is 4.14. The minimum absolute atomic E-state index is 0.0845. The number of rotatable bonds is 8. The monoisotopic (exact) mass is 332 g/mol. The van der Waals surface area contributed by atoms with Gasteiger partial charge in [0.25, 0.3) is 0 Å². The third-order valence-electron chi connectivity index (χ3n) is 2.75. The molecule has 0 saturated carbocycles. The number of hydrogen-bond donors (Lipinski definition) is 1. The lowest BCUT2D eigenvalue weighted by atomic mass is 9.91. The predicted octanol–water partition coefficient (Wildman–Crippen LogP) is 1.38. The first kappa shape index (κ1) is 19.7. The smallest absolute Gasteiger partial charge is 0.465 e. The molecule has 0 saturated heterocycles. The Bertz CT molecular complexity index is 485. The van der Waals surface area contributed by atoms with Gasteiger partial charge in [-0.15, -0.1) is 0 Å². The number of ether oxygens (including phenoxy) is 2. The van der Waals surface area contributed by atoms with Crippen LogP contribution in [0.15, 0.2) is 0 Å². The van der Waals surface area contributed by atoms with Crippen molar-refractivity contribution >= 4 is 22.1 Å². The normalized spacial score (nSPS) is 12.9. The van der Waals surface area contributed by atoms with Crippen molar-refractivity contribution in [2.45, 2.75) is 38.9 Å². The van der Waals surface area contributed by atoms with Crippen LogP contribution in [0.3, 0.4) is 0 Å². The van der Waals surface area contributed by atoms with E-state index < -0.39 is 39.3 Å². The van der Waals surface area contributed by atoms with Crippen molar-refractivity contribution in [2.75, 3.05) is 13.2 Å². The molecule has 7 nitrogen and oxygen atoms in total. The maximum Gasteiger partial charge on any atom is 0.465 e. The van der Waals surface area contributed by atoms with Crippen molar-refractivity contribution in [3.8, 4) is 0 Å². The summed E-state index contributed by atoms with van der Waals surface area (Å²) in [6.45, 7) is 4.38. The van der Waals surface area contributed by atoms with Crippen molar-refractivity contribution in [3.63, 3.8) is 0 Å². The van der Waals surface area contributed by atoms with Gasteiger partial charge in [-0.05, 0) is 20.3 Å². The molecule has 0 heterocycles. The third kappa shape index (κ3) is 5.54. The highest BCUT2D eigenvalue weighted by atomic mass is 32.2.